The van der Waals surface area contributed by atoms with E-state index in [9.17, 15) is 0 Å². The number of hydrogen-bond donors (Lipinski definition) is 1. The maximum absolute atomic E-state index is 6.36. The summed E-state index contributed by atoms with van der Waals surface area (Å²) in [6, 6.07) is 12.2. The molecule has 0 saturated heterocycles. The summed E-state index contributed by atoms with van der Waals surface area (Å²) in [5.74, 6) is 0. The summed E-state index contributed by atoms with van der Waals surface area (Å²) in [6.45, 7) is 7.17. The highest BCUT2D eigenvalue weighted by Gasteiger charge is 2.17. The van der Waals surface area contributed by atoms with Gasteiger partial charge in [0.1, 0.15) is 0 Å². The van der Waals surface area contributed by atoms with E-state index in [1.54, 1.807) is 0 Å². The monoisotopic (exact) mass is 307 g/mol. The molecule has 0 aliphatic heterocycles. The minimum atomic E-state index is 0.0600. The molecule has 0 saturated carbocycles. The Labute approximate surface area is 130 Å². The van der Waals surface area contributed by atoms with Crippen LogP contribution in [0.1, 0.15) is 35.2 Å². The van der Waals surface area contributed by atoms with Crippen LogP contribution >= 0.6 is 23.2 Å². The molecule has 0 spiro atoms. The Kier molecular flexibility index (Phi) is 5.09. The molecule has 1 nitrogen and oxygen atoms in total. The number of rotatable bonds is 4. The maximum Gasteiger partial charge on any atom is 0.0592 e. The van der Waals surface area contributed by atoms with Gasteiger partial charge in [-0.15, -0.1) is 0 Å². The minimum Gasteiger partial charge on any atom is -0.306 e. The summed E-state index contributed by atoms with van der Waals surface area (Å²) in [7, 11) is 0. The van der Waals surface area contributed by atoms with Crippen molar-refractivity contribution in [3.05, 3.63) is 68.7 Å². The predicted octanol–water partition coefficient (Wildman–Crippen LogP) is 5.31. The first kappa shape index (κ1) is 15.4. The molecule has 0 amide bonds. The van der Waals surface area contributed by atoms with E-state index in [2.05, 4.69) is 44.3 Å². The van der Waals surface area contributed by atoms with E-state index in [-0.39, 0.29) is 6.04 Å². The summed E-state index contributed by atoms with van der Waals surface area (Å²) in [6.07, 6.45) is 0. The highest BCUT2D eigenvalue weighted by molar-refractivity contribution is 6.33. The molecule has 1 atom stereocenters. The first-order chi connectivity index (χ1) is 9.51. The molecule has 3 heteroatoms. The summed E-state index contributed by atoms with van der Waals surface area (Å²) in [4.78, 5) is 0. The van der Waals surface area contributed by atoms with Crippen molar-refractivity contribution in [2.24, 2.45) is 0 Å². The van der Waals surface area contributed by atoms with Gasteiger partial charge in [-0.3, -0.25) is 0 Å². The molecule has 0 fully saturated rings. The zero-order chi connectivity index (χ0) is 14.7. The zero-order valence-corrected chi connectivity index (χ0v) is 13.5. The van der Waals surface area contributed by atoms with Gasteiger partial charge in [0.25, 0.3) is 0 Å². The van der Waals surface area contributed by atoms with Crippen molar-refractivity contribution >= 4 is 23.2 Å². The van der Waals surface area contributed by atoms with Crippen molar-refractivity contribution in [3.8, 4) is 0 Å². The van der Waals surface area contributed by atoms with Crippen LogP contribution in [0, 0.1) is 13.8 Å². The molecule has 0 aliphatic rings. The van der Waals surface area contributed by atoms with E-state index in [4.69, 9.17) is 23.2 Å². The van der Waals surface area contributed by atoms with Crippen LogP contribution in [0.5, 0.6) is 0 Å². The molecular formula is C17H19Cl2N. The molecule has 0 bridgehead atoms. The van der Waals surface area contributed by atoms with Crippen LogP contribution < -0.4 is 5.32 Å². The molecule has 2 aromatic rings. The van der Waals surface area contributed by atoms with Gasteiger partial charge in [-0.2, -0.15) is 0 Å². The lowest BCUT2D eigenvalue weighted by Gasteiger charge is -2.21. The number of aryl methyl sites for hydroxylation is 2. The Morgan fingerprint density at radius 3 is 2.25 bits per heavy atom. The largest absolute Gasteiger partial charge is 0.306 e. The summed E-state index contributed by atoms with van der Waals surface area (Å²) in [5, 5.41) is 4.94. The highest BCUT2D eigenvalue weighted by Crippen LogP contribution is 2.31. The van der Waals surface area contributed by atoms with Gasteiger partial charge < -0.3 is 5.32 Å². The molecule has 2 rings (SSSR count). The predicted molar refractivity (Wildman–Crippen MR) is 87.9 cm³/mol. The van der Waals surface area contributed by atoms with Gasteiger partial charge in [-0.25, -0.2) is 0 Å². The van der Waals surface area contributed by atoms with E-state index < -0.39 is 0 Å². The second-order valence-corrected chi connectivity index (χ2v) is 5.92. The molecule has 20 heavy (non-hydrogen) atoms. The third kappa shape index (κ3) is 3.54. The average molecular weight is 308 g/mol. The van der Waals surface area contributed by atoms with Crippen molar-refractivity contribution in [2.75, 3.05) is 6.54 Å². The first-order valence-corrected chi connectivity index (χ1v) is 7.53. The first-order valence-electron chi connectivity index (χ1n) is 6.77. The topological polar surface area (TPSA) is 12.0 Å². The third-order valence-electron chi connectivity index (χ3n) is 3.25. The van der Waals surface area contributed by atoms with Crippen molar-refractivity contribution < 1.29 is 0 Å². The van der Waals surface area contributed by atoms with Gasteiger partial charge in [0.05, 0.1) is 6.04 Å². The van der Waals surface area contributed by atoms with Crippen LogP contribution in [-0.2, 0) is 0 Å². The Hall–Kier alpha value is -1.02. The number of hydrogen-bond acceptors (Lipinski definition) is 1. The molecule has 0 aliphatic carbocycles. The Balaban J connectivity index is 2.52. The van der Waals surface area contributed by atoms with Gasteiger partial charge >= 0.3 is 0 Å². The zero-order valence-electron chi connectivity index (χ0n) is 12.0. The standard InChI is InChI=1S/C17H19Cl2N/c1-4-20-17(13-8-11(2)7-12(3)9-13)15-10-14(18)5-6-16(15)19/h5-10,17,20H,4H2,1-3H3. The van der Waals surface area contributed by atoms with Gasteiger partial charge in [0.2, 0.25) is 0 Å². The normalized spacial score (nSPS) is 12.4. The maximum atomic E-state index is 6.36. The minimum absolute atomic E-state index is 0.0600. The SMILES string of the molecule is CCNC(c1cc(C)cc(C)c1)c1cc(Cl)ccc1Cl. The van der Waals surface area contributed by atoms with Gasteiger partial charge in [0.15, 0.2) is 0 Å². The fourth-order valence-corrected chi connectivity index (χ4v) is 2.93. The van der Waals surface area contributed by atoms with Gasteiger partial charge in [0, 0.05) is 10.0 Å². The smallest absolute Gasteiger partial charge is 0.0592 e. The Morgan fingerprint density at radius 1 is 1.00 bits per heavy atom. The second kappa shape index (κ2) is 6.62. The molecule has 1 N–H and O–H groups in total. The summed E-state index contributed by atoms with van der Waals surface area (Å²) < 4.78 is 0. The van der Waals surface area contributed by atoms with Crippen LogP contribution in [0.2, 0.25) is 10.0 Å². The van der Waals surface area contributed by atoms with Gasteiger partial charge in [-0.05, 0) is 49.7 Å². The fraction of sp³-hybridized carbons (Fsp3) is 0.294. The lowest BCUT2D eigenvalue weighted by molar-refractivity contribution is 0.630. The number of benzene rings is 2. The van der Waals surface area contributed by atoms with Crippen molar-refractivity contribution in [3.63, 3.8) is 0 Å². The van der Waals surface area contributed by atoms with Crippen molar-refractivity contribution in [2.45, 2.75) is 26.8 Å². The lowest BCUT2D eigenvalue weighted by Crippen LogP contribution is -2.22. The van der Waals surface area contributed by atoms with Crippen LogP contribution in [0.15, 0.2) is 36.4 Å². The molecule has 2 aromatic carbocycles. The van der Waals surface area contributed by atoms with Crippen LogP contribution in [0.3, 0.4) is 0 Å². The van der Waals surface area contributed by atoms with Gasteiger partial charge in [-0.1, -0.05) is 59.5 Å². The van der Waals surface area contributed by atoms with Crippen LogP contribution in [0.4, 0.5) is 0 Å². The fourth-order valence-electron chi connectivity index (χ4n) is 2.52. The van der Waals surface area contributed by atoms with E-state index in [1.165, 1.54) is 16.7 Å². The molecule has 0 radical (unpaired) electrons. The second-order valence-electron chi connectivity index (χ2n) is 5.08. The summed E-state index contributed by atoms with van der Waals surface area (Å²) >= 11 is 12.5. The van der Waals surface area contributed by atoms with Crippen molar-refractivity contribution in [1.29, 1.82) is 0 Å². The third-order valence-corrected chi connectivity index (χ3v) is 3.83. The molecule has 1 unspecified atom stereocenters. The van der Waals surface area contributed by atoms with Crippen molar-refractivity contribution in [1.82, 2.24) is 5.32 Å². The molecular weight excluding hydrogens is 289 g/mol. The van der Waals surface area contributed by atoms with Crippen LogP contribution in [0.25, 0.3) is 0 Å². The molecule has 106 valence electrons. The molecule has 0 aromatic heterocycles. The number of halogens is 2. The van der Waals surface area contributed by atoms with E-state index >= 15 is 0 Å². The Bertz CT molecular complexity index is 588. The number of nitrogens with one attached hydrogen (secondary N) is 1. The van der Waals surface area contributed by atoms with E-state index in [0.717, 1.165) is 17.1 Å². The Morgan fingerprint density at radius 2 is 1.65 bits per heavy atom. The van der Waals surface area contributed by atoms with E-state index in [0.29, 0.717) is 5.02 Å². The highest BCUT2D eigenvalue weighted by atomic mass is 35.5. The van der Waals surface area contributed by atoms with Crippen LogP contribution in [-0.4, -0.2) is 6.54 Å². The summed E-state index contributed by atoms with van der Waals surface area (Å²) in [5.41, 5.74) is 4.74. The average Bonchev–Trinajstić information content (AvgIpc) is 2.38. The molecule has 0 heterocycles. The quantitative estimate of drug-likeness (QED) is 0.807. The lowest BCUT2D eigenvalue weighted by atomic mass is 9.95. The van der Waals surface area contributed by atoms with E-state index in [1.807, 2.05) is 18.2 Å².